The van der Waals surface area contributed by atoms with Crippen LogP contribution in [-0.4, -0.2) is 87.4 Å². The molecule has 1 N–H and O–H groups in total. The Morgan fingerprint density at radius 2 is 0.568 bits per heavy atom. The number of aliphatic carboxylic acids is 1. The molecule has 2 unspecified atom stereocenters. The molecule has 0 aliphatic carbocycles. The molecule has 0 amide bonds. The molecule has 0 aromatic heterocycles. The summed E-state index contributed by atoms with van der Waals surface area (Å²) in [6.07, 6.45) is 97.6. The first kappa shape index (κ1) is 92.5. The lowest BCUT2D eigenvalue weighted by molar-refractivity contribution is -0.870. The number of carbonyl (C=O) groups excluding carboxylic acids is 2. The van der Waals surface area contributed by atoms with E-state index in [2.05, 4.69) is 50.3 Å². The van der Waals surface area contributed by atoms with Crippen molar-refractivity contribution < 1.29 is 42.9 Å². The van der Waals surface area contributed by atoms with Gasteiger partial charge in [-0.05, 0) is 70.6 Å². The molecule has 0 bridgehead atoms. The second-order valence-corrected chi connectivity index (χ2v) is 30.1. The van der Waals surface area contributed by atoms with Crippen LogP contribution in [0.4, 0.5) is 0 Å². The third kappa shape index (κ3) is 78.7. The van der Waals surface area contributed by atoms with Gasteiger partial charge in [0.1, 0.15) is 13.2 Å². The van der Waals surface area contributed by atoms with Crippen LogP contribution >= 0.6 is 0 Å². The first-order valence-corrected chi connectivity index (χ1v) is 42.2. The Hall–Kier alpha value is -2.49. The minimum atomic E-state index is -1.51. The molecule has 0 fully saturated rings. The standard InChI is InChI=1S/C86H163NO8/c1-6-8-10-12-14-16-18-20-22-24-26-28-30-32-34-36-37-38-39-40-41-42-43-44-45-46-47-49-51-53-55-57-59-61-63-65-67-69-71-73-75-77-84(89)95-82(81-94-86(85(90)91)92-79-78-87(3,4)5)80-93-83(88)76-74-72-70-68-66-64-62-60-58-56-54-52-50-48-35-33-31-29-27-25-23-21-19-17-15-13-11-9-7-2/h18,20,24-27,82,86H,6-17,19,21-23,28-81H2,1-5H3/p+1/b20-18-,26-24-,27-25-. The van der Waals surface area contributed by atoms with Gasteiger partial charge in [-0.2, -0.15) is 0 Å². The summed E-state index contributed by atoms with van der Waals surface area (Å²) in [4.78, 5) is 37.8. The summed E-state index contributed by atoms with van der Waals surface area (Å²) in [6, 6.07) is 0. The molecule has 0 spiro atoms. The molecule has 0 saturated heterocycles. The fraction of sp³-hybridized carbons (Fsp3) is 0.895. The maximum Gasteiger partial charge on any atom is 0.361 e. The number of likely N-dealkylation sites (N-methyl/N-ethyl adjacent to an activating group) is 1. The largest absolute Gasteiger partial charge is 0.477 e. The predicted molar refractivity (Wildman–Crippen MR) is 411 cm³/mol. The van der Waals surface area contributed by atoms with Crippen molar-refractivity contribution in [2.45, 2.75) is 450 Å². The molecule has 0 rings (SSSR count). The number of allylic oxidation sites excluding steroid dienone is 6. The summed E-state index contributed by atoms with van der Waals surface area (Å²) in [5.41, 5.74) is 0. The van der Waals surface area contributed by atoms with Gasteiger partial charge in [0.2, 0.25) is 0 Å². The average Bonchev–Trinajstić information content (AvgIpc) is 3.54. The molecule has 0 heterocycles. The number of carboxylic acid groups (broad SMARTS) is 1. The van der Waals surface area contributed by atoms with Crippen LogP contribution in [-0.2, 0) is 33.3 Å². The Morgan fingerprint density at radius 3 is 0.842 bits per heavy atom. The van der Waals surface area contributed by atoms with Crippen LogP contribution in [0.15, 0.2) is 36.5 Å². The number of quaternary nitrogens is 1. The van der Waals surface area contributed by atoms with E-state index in [4.69, 9.17) is 18.9 Å². The first-order valence-electron chi connectivity index (χ1n) is 42.2. The molecule has 0 aliphatic rings. The molecule has 9 nitrogen and oxygen atoms in total. The smallest absolute Gasteiger partial charge is 0.361 e. The highest BCUT2D eigenvalue weighted by Gasteiger charge is 2.25. The number of hydrogen-bond donors (Lipinski definition) is 1. The molecule has 95 heavy (non-hydrogen) atoms. The molecule has 0 aliphatic heterocycles. The summed E-state index contributed by atoms with van der Waals surface area (Å²) in [7, 11) is 6.00. The molecule has 560 valence electrons. The summed E-state index contributed by atoms with van der Waals surface area (Å²) >= 11 is 0. The van der Waals surface area contributed by atoms with Crippen molar-refractivity contribution in [3.63, 3.8) is 0 Å². The third-order valence-electron chi connectivity index (χ3n) is 19.4. The Labute approximate surface area is 591 Å². The molecule has 0 radical (unpaired) electrons. The maximum absolute atomic E-state index is 13.0. The van der Waals surface area contributed by atoms with Gasteiger partial charge in [-0.15, -0.1) is 0 Å². The van der Waals surface area contributed by atoms with Gasteiger partial charge in [0.25, 0.3) is 6.29 Å². The second kappa shape index (κ2) is 77.3. The Bertz CT molecular complexity index is 1650. The fourth-order valence-corrected chi connectivity index (χ4v) is 12.9. The number of hydrogen-bond acceptors (Lipinski definition) is 7. The lowest BCUT2D eigenvalue weighted by atomic mass is 10.0. The van der Waals surface area contributed by atoms with Gasteiger partial charge < -0.3 is 28.5 Å². The van der Waals surface area contributed by atoms with Crippen molar-refractivity contribution in [1.29, 1.82) is 0 Å². The fourth-order valence-electron chi connectivity index (χ4n) is 12.9. The van der Waals surface area contributed by atoms with E-state index in [1.807, 2.05) is 21.1 Å². The molecule has 0 aromatic rings. The van der Waals surface area contributed by atoms with Gasteiger partial charge in [0.15, 0.2) is 6.10 Å². The number of carboxylic acids is 1. The Morgan fingerprint density at radius 1 is 0.316 bits per heavy atom. The number of carbonyl (C=O) groups is 3. The molecular formula is C86H164NO8+. The van der Waals surface area contributed by atoms with Crippen molar-refractivity contribution >= 4 is 17.9 Å². The predicted octanol–water partition coefficient (Wildman–Crippen LogP) is 27.0. The maximum atomic E-state index is 13.0. The zero-order valence-corrected chi connectivity index (χ0v) is 64.4. The Balaban J connectivity index is 3.91. The highest BCUT2D eigenvalue weighted by Crippen LogP contribution is 2.20. The van der Waals surface area contributed by atoms with E-state index >= 15 is 0 Å². The lowest BCUT2D eigenvalue weighted by Crippen LogP contribution is -2.40. The summed E-state index contributed by atoms with van der Waals surface area (Å²) in [5, 5.41) is 9.78. The summed E-state index contributed by atoms with van der Waals surface area (Å²) in [6.45, 7) is 4.95. The van der Waals surface area contributed by atoms with Gasteiger partial charge in [0.05, 0.1) is 34.4 Å². The minimum absolute atomic E-state index is 0.175. The number of unbranched alkanes of at least 4 members (excludes halogenated alkanes) is 59. The van der Waals surface area contributed by atoms with Crippen LogP contribution < -0.4 is 0 Å². The number of ether oxygens (including phenoxy) is 4. The molecular weight excluding hydrogens is 1170 g/mol. The third-order valence-corrected chi connectivity index (χ3v) is 19.4. The molecule has 0 aromatic carbocycles. The monoisotopic (exact) mass is 1340 g/mol. The van der Waals surface area contributed by atoms with E-state index < -0.39 is 18.4 Å². The molecule has 9 heteroatoms. The second-order valence-electron chi connectivity index (χ2n) is 30.1. The first-order chi connectivity index (χ1) is 46.6. The van der Waals surface area contributed by atoms with Crippen LogP contribution in [0.2, 0.25) is 0 Å². The summed E-state index contributed by atoms with van der Waals surface area (Å²) in [5.74, 6) is -1.97. The van der Waals surface area contributed by atoms with E-state index in [0.29, 0.717) is 17.4 Å². The van der Waals surface area contributed by atoms with Crippen LogP contribution in [0.3, 0.4) is 0 Å². The van der Waals surface area contributed by atoms with E-state index in [9.17, 15) is 19.5 Å². The number of esters is 2. The van der Waals surface area contributed by atoms with Crippen molar-refractivity contribution in [2.24, 2.45) is 0 Å². The van der Waals surface area contributed by atoms with E-state index in [1.165, 1.54) is 366 Å². The normalized spacial score (nSPS) is 12.7. The highest BCUT2D eigenvalue weighted by atomic mass is 16.7. The van der Waals surface area contributed by atoms with Crippen LogP contribution in [0, 0.1) is 0 Å². The van der Waals surface area contributed by atoms with Crippen molar-refractivity contribution in [3.8, 4) is 0 Å². The van der Waals surface area contributed by atoms with Crippen LogP contribution in [0.1, 0.15) is 438 Å². The van der Waals surface area contributed by atoms with Crippen molar-refractivity contribution in [3.05, 3.63) is 36.5 Å². The van der Waals surface area contributed by atoms with Gasteiger partial charge in [-0.3, -0.25) is 9.59 Å². The lowest BCUT2D eigenvalue weighted by Gasteiger charge is -2.25. The van der Waals surface area contributed by atoms with E-state index in [0.717, 1.165) is 44.9 Å². The van der Waals surface area contributed by atoms with Gasteiger partial charge >= 0.3 is 17.9 Å². The molecule has 2 atom stereocenters. The quantitative estimate of drug-likeness (QED) is 0.0211. The van der Waals surface area contributed by atoms with E-state index in [1.54, 1.807) is 0 Å². The van der Waals surface area contributed by atoms with Gasteiger partial charge in [-0.25, -0.2) is 4.79 Å². The van der Waals surface area contributed by atoms with Gasteiger partial charge in [-0.1, -0.05) is 391 Å². The zero-order chi connectivity index (χ0) is 69.0. The zero-order valence-electron chi connectivity index (χ0n) is 64.4. The number of nitrogens with zero attached hydrogens (tertiary/aromatic N) is 1. The van der Waals surface area contributed by atoms with Crippen molar-refractivity contribution in [2.75, 3.05) is 47.5 Å². The topological polar surface area (TPSA) is 108 Å². The number of rotatable bonds is 80. The minimum Gasteiger partial charge on any atom is -0.477 e. The van der Waals surface area contributed by atoms with Crippen LogP contribution in [0.5, 0.6) is 0 Å². The average molecular weight is 1340 g/mol. The van der Waals surface area contributed by atoms with Gasteiger partial charge in [0, 0.05) is 12.8 Å². The Kier molecular flexibility index (Phi) is 75.2. The summed E-state index contributed by atoms with van der Waals surface area (Å²) < 4.78 is 23.1. The molecule has 0 saturated carbocycles. The van der Waals surface area contributed by atoms with Crippen molar-refractivity contribution in [1.82, 2.24) is 0 Å². The van der Waals surface area contributed by atoms with Crippen LogP contribution in [0.25, 0.3) is 0 Å². The SMILES string of the molecule is CCCCCCC/C=C\C/C=C\CCCCCCCCCCCCCCCCCCCCCCCCCCCCCCCC(=O)OC(COC(=O)CCCCCCCCCCCCCCCCCCC/C=C\CCCCCCCCCC)COC(OCC[N+](C)(C)C)C(=O)O. The highest BCUT2D eigenvalue weighted by molar-refractivity contribution is 5.71. The van der Waals surface area contributed by atoms with E-state index in [-0.39, 0.29) is 38.2 Å².